The molecule has 1 rings (SSSR count). The standard InChI is InChI=1S/C9H16N2OS2/c1-4-7(2)11-8-13-6-9(3,14-8)5-10-12/h5,7,12H,4,6H2,1-3H3/b10-5-,11-8?/t7-,9-/m0/s1. The largest absolute Gasteiger partial charge is 0.411 e. The molecule has 0 amide bonds. The zero-order valence-corrected chi connectivity index (χ0v) is 10.4. The predicted molar refractivity (Wildman–Crippen MR) is 65.9 cm³/mol. The van der Waals surface area contributed by atoms with Crippen molar-refractivity contribution in [1.29, 1.82) is 0 Å². The lowest BCUT2D eigenvalue weighted by Crippen LogP contribution is -2.21. The fourth-order valence-electron chi connectivity index (χ4n) is 0.984. The van der Waals surface area contributed by atoms with Gasteiger partial charge in [-0.25, -0.2) is 0 Å². The van der Waals surface area contributed by atoms with Crippen molar-refractivity contribution < 1.29 is 5.21 Å². The van der Waals surface area contributed by atoms with Gasteiger partial charge in [-0.15, -0.1) is 5.16 Å². The summed E-state index contributed by atoms with van der Waals surface area (Å²) in [4.78, 5) is 4.57. The maximum Gasteiger partial charge on any atom is 0.125 e. The molecule has 1 aliphatic heterocycles. The van der Waals surface area contributed by atoms with Crippen LogP contribution in [-0.4, -0.2) is 32.3 Å². The smallest absolute Gasteiger partial charge is 0.125 e. The zero-order chi connectivity index (χ0) is 10.6. The Hall–Kier alpha value is -0.160. The summed E-state index contributed by atoms with van der Waals surface area (Å²) in [6.45, 7) is 6.31. The Bertz CT molecular complexity index is 255. The summed E-state index contributed by atoms with van der Waals surface area (Å²) >= 11 is 3.43. The van der Waals surface area contributed by atoms with Crippen molar-refractivity contribution in [2.45, 2.75) is 38.0 Å². The zero-order valence-electron chi connectivity index (χ0n) is 8.73. The minimum atomic E-state index is -0.0916. The van der Waals surface area contributed by atoms with Gasteiger partial charge in [0.05, 0.1) is 11.0 Å². The second kappa shape index (κ2) is 5.07. The molecule has 0 aromatic rings. The Morgan fingerprint density at radius 3 is 3.00 bits per heavy atom. The van der Waals surface area contributed by atoms with Crippen LogP contribution in [0.2, 0.25) is 0 Å². The molecule has 1 saturated heterocycles. The van der Waals surface area contributed by atoms with Crippen LogP contribution in [0.5, 0.6) is 0 Å². The van der Waals surface area contributed by atoms with Crippen LogP contribution < -0.4 is 0 Å². The lowest BCUT2D eigenvalue weighted by Gasteiger charge is -2.12. The molecule has 2 atom stereocenters. The first-order valence-electron chi connectivity index (χ1n) is 4.68. The van der Waals surface area contributed by atoms with E-state index in [-0.39, 0.29) is 4.75 Å². The van der Waals surface area contributed by atoms with Gasteiger partial charge in [-0.2, -0.15) is 0 Å². The molecule has 0 unspecified atom stereocenters. The third kappa shape index (κ3) is 3.20. The van der Waals surface area contributed by atoms with Crippen molar-refractivity contribution in [3.8, 4) is 0 Å². The molecular formula is C9H16N2OS2. The van der Waals surface area contributed by atoms with Gasteiger partial charge in [0.1, 0.15) is 4.38 Å². The number of aliphatic imine (C=N–C) groups is 1. The van der Waals surface area contributed by atoms with Crippen LogP contribution in [0.15, 0.2) is 10.1 Å². The minimum absolute atomic E-state index is 0.0916. The van der Waals surface area contributed by atoms with Gasteiger partial charge in [-0.05, 0) is 20.3 Å². The SMILES string of the molecule is CC[C@H](C)N=C1SC[C@](C)(/C=N\O)S1. The highest BCUT2D eigenvalue weighted by atomic mass is 32.2. The molecule has 0 saturated carbocycles. The van der Waals surface area contributed by atoms with E-state index in [1.54, 1.807) is 29.7 Å². The summed E-state index contributed by atoms with van der Waals surface area (Å²) in [5.74, 6) is 0.928. The van der Waals surface area contributed by atoms with E-state index in [1.807, 2.05) is 0 Å². The van der Waals surface area contributed by atoms with Crippen LogP contribution in [0, 0.1) is 0 Å². The normalized spacial score (nSPS) is 32.9. The molecule has 0 spiro atoms. The Morgan fingerprint density at radius 2 is 2.43 bits per heavy atom. The predicted octanol–water partition coefficient (Wildman–Crippen LogP) is 2.84. The van der Waals surface area contributed by atoms with E-state index in [0.29, 0.717) is 6.04 Å². The molecule has 1 heterocycles. The Labute approximate surface area is 93.4 Å². The molecule has 1 aliphatic rings. The molecule has 0 aromatic carbocycles. The van der Waals surface area contributed by atoms with Crippen molar-refractivity contribution in [1.82, 2.24) is 0 Å². The molecule has 3 nitrogen and oxygen atoms in total. The summed E-state index contributed by atoms with van der Waals surface area (Å²) in [5.41, 5.74) is 0. The first-order chi connectivity index (χ1) is 6.59. The summed E-state index contributed by atoms with van der Waals surface area (Å²) in [5, 5.41) is 11.6. The first-order valence-corrected chi connectivity index (χ1v) is 6.48. The van der Waals surface area contributed by atoms with Crippen LogP contribution in [0.3, 0.4) is 0 Å². The van der Waals surface area contributed by atoms with E-state index < -0.39 is 0 Å². The third-order valence-electron chi connectivity index (χ3n) is 2.05. The molecule has 0 aliphatic carbocycles. The van der Waals surface area contributed by atoms with Crippen LogP contribution in [0.1, 0.15) is 27.2 Å². The summed E-state index contributed by atoms with van der Waals surface area (Å²) in [6.07, 6.45) is 2.65. The van der Waals surface area contributed by atoms with Gasteiger partial charge in [0, 0.05) is 11.8 Å². The topological polar surface area (TPSA) is 45.0 Å². The van der Waals surface area contributed by atoms with Crippen molar-refractivity contribution in [2.24, 2.45) is 10.1 Å². The molecule has 0 bridgehead atoms. The average Bonchev–Trinajstić information content (AvgIpc) is 2.48. The number of thioether (sulfide) groups is 2. The molecule has 0 aromatic heterocycles. The van der Waals surface area contributed by atoms with Crippen LogP contribution in [0.4, 0.5) is 0 Å². The molecule has 1 fully saturated rings. The molecule has 1 N–H and O–H groups in total. The van der Waals surface area contributed by atoms with E-state index in [1.165, 1.54) is 0 Å². The lowest BCUT2D eigenvalue weighted by atomic mass is 10.2. The van der Waals surface area contributed by atoms with Gasteiger partial charge in [-0.1, -0.05) is 30.4 Å². The minimum Gasteiger partial charge on any atom is -0.411 e. The van der Waals surface area contributed by atoms with Crippen molar-refractivity contribution in [3.63, 3.8) is 0 Å². The monoisotopic (exact) mass is 232 g/mol. The van der Waals surface area contributed by atoms with Crippen molar-refractivity contribution in [2.75, 3.05) is 5.75 Å². The number of rotatable bonds is 3. The number of nitrogens with zero attached hydrogens (tertiary/aromatic N) is 2. The highest BCUT2D eigenvalue weighted by Gasteiger charge is 2.33. The third-order valence-corrected chi connectivity index (χ3v) is 4.93. The number of oxime groups is 1. The summed E-state index contributed by atoms with van der Waals surface area (Å²) in [7, 11) is 0. The van der Waals surface area contributed by atoms with Crippen LogP contribution in [-0.2, 0) is 0 Å². The Kier molecular flexibility index (Phi) is 4.31. The van der Waals surface area contributed by atoms with Crippen LogP contribution in [0.25, 0.3) is 0 Å². The molecule has 14 heavy (non-hydrogen) atoms. The fraction of sp³-hybridized carbons (Fsp3) is 0.778. The molecule has 80 valence electrons. The van der Waals surface area contributed by atoms with E-state index in [2.05, 4.69) is 30.9 Å². The highest BCUT2D eigenvalue weighted by Crippen LogP contribution is 2.41. The van der Waals surface area contributed by atoms with E-state index >= 15 is 0 Å². The van der Waals surface area contributed by atoms with Gasteiger partial charge in [0.2, 0.25) is 0 Å². The van der Waals surface area contributed by atoms with Gasteiger partial charge in [0.15, 0.2) is 0 Å². The lowest BCUT2D eigenvalue weighted by molar-refractivity contribution is 0.320. The molecular weight excluding hydrogens is 216 g/mol. The fourth-order valence-corrected chi connectivity index (χ4v) is 3.85. The Balaban J connectivity index is 2.60. The Morgan fingerprint density at radius 1 is 1.71 bits per heavy atom. The van der Waals surface area contributed by atoms with Crippen LogP contribution >= 0.6 is 23.5 Å². The maximum absolute atomic E-state index is 8.51. The van der Waals surface area contributed by atoms with Gasteiger partial charge in [0.25, 0.3) is 0 Å². The highest BCUT2D eigenvalue weighted by molar-refractivity contribution is 8.42. The summed E-state index contributed by atoms with van der Waals surface area (Å²) in [6, 6.07) is 0.387. The van der Waals surface area contributed by atoms with E-state index in [9.17, 15) is 0 Å². The first kappa shape index (κ1) is 11.9. The maximum atomic E-state index is 8.51. The summed E-state index contributed by atoms with van der Waals surface area (Å²) < 4.78 is 1.02. The van der Waals surface area contributed by atoms with Crippen molar-refractivity contribution in [3.05, 3.63) is 0 Å². The van der Waals surface area contributed by atoms with Gasteiger partial charge >= 0.3 is 0 Å². The molecule has 0 radical (unpaired) electrons. The van der Waals surface area contributed by atoms with Gasteiger partial charge in [-0.3, -0.25) is 4.99 Å². The van der Waals surface area contributed by atoms with Gasteiger partial charge < -0.3 is 5.21 Å². The number of hydrogen-bond donors (Lipinski definition) is 1. The van der Waals surface area contributed by atoms with E-state index in [4.69, 9.17) is 5.21 Å². The van der Waals surface area contributed by atoms with E-state index in [0.717, 1.165) is 16.5 Å². The average molecular weight is 232 g/mol. The van der Waals surface area contributed by atoms with Crippen molar-refractivity contribution >= 4 is 34.1 Å². The second-order valence-electron chi connectivity index (χ2n) is 3.60. The quantitative estimate of drug-likeness (QED) is 0.462. The molecule has 5 heteroatoms. The second-order valence-corrected chi connectivity index (χ2v) is 6.35. The number of hydrogen-bond acceptors (Lipinski definition) is 5.